The molecule has 4 nitrogen and oxygen atoms in total. The van der Waals surface area contributed by atoms with Crippen LogP contribution in [0.5, 0.6) is 5.88 Å². The summed E-state index contributed by atoms with van der Waals surface area (Å²) in [5.74, 6) is 1.63. The van der Waals surface area contributed by atoms with Crippen molar-refractivity contribution in [2.75, 3.05) is 26.7 Å². The zero-order valence-electron chi connectivity index (χ0n) is 13.1. The van der Waals surface area contributed by atoms with Crippen LogP contribution < -0.4 is 10.1 Å². The predicted octanol–water partition coefficient (Wildman–Crippen LogP) is 2.44. The number of aromatic nitrogens is 1. The van der Waals surface area contributed by atoms with Gasteiger partial charge in [-0.15, -0.1) is 0 Å². The summed E-state index contributed by atoms with van der Waals surface area (Å²) in [5, 5.41) is 3.59. The van der Waals surface area contributed by atoms with Crippen LogP contribution in [0.2, 0.25) is 0 Å². The molecule has 1 aromatic heterocycles. The van der Waals surface area contributed by atoms with Gasteiger partial charge in [0.15, 0.2) is 0 Å². The van der Waals surface area contributed by atoms with Gasteiger partial charge in [-0.1, -0.05) is 25.3 Å². The number of ether oxygens (including phenoxy) is 1. The Bertz CT molecular complexity index is 445. The lowest BCUT2D eigenvalue weighted by Crippen LogP contribution is -2.54. The number of pyridine rings is 1. The Labute approximate surface area is 127 Å². The second kappa shape index (κ2) is 7.23. The Morgan fingerprint density at radius 3 is 3.00 bits per heavy atom. The van der Waals surface area contributed by atoms with Crippen molar-refractivity contribution >= 4 is 0 Å². The van der Waals surface area contributed by atoms with Gasteiger partial charge in [0.2, 0.25) is 5.88 Å². The fourth-order valence-electron chi connectivity index (χ4n) is 3.89. The zero-order chi connectivity index (χ0) is 14.5. The third-order valence-corrected chi connectivity index (χ3v) is 5.01. The Kier molecular flexibility index (Phi) is 5.09. The first-order valence-corrected chi connectivity index (χ1v) is 8.31. The number of hydrogen-bond acceptors (Lipinski definition) is 4. The predicted molar refractivity (Wildman–Crippen MR) is 84.4 cm³/mol. The van der Waals surface area contributed by atoms with Crippen molar-refractivity contribution in [2.45, 2.75) is 44.7 Å². The van der Waals surface area contributed by atoms with E-state index >= 15 is 0 Å². The van der Waals surface area contributed by atoms with Gasteiger partial charge in [0.05, 0.1) is 7.11 Å². The molecule has 0 spiro atoms. The van der Waals surface area contributed by atoms with Gasteiger partial charge in [-0.2, -0.15) is 0 Å². The molecule has 2 aliphatic rings. The third-order valence-electron chi connectivity index (χ3n) is 5.01. The lowest BCUT2D eigenvalue weighted by molar-refractivity contribution is 0.0850. The van der Waals surface area contributed by atoms with Gasteiger partial charge in [-0.25, -0.2) is 4.98 Å². The largest absolute Gasteiger partial charge is 0.481 e. The van der Waals surface area contributed by atoms with E-state index in [9.17, 15) is 0 Å². The normalized spacial score (nSPS) is 24.9. The summed E-state index contributed by atoms with van der Waals surface area (Å²) < 4.78 is 5.41. The van der Waals surface area contributed by atoms with Crippen molar-refractivity contribution < 1.29 is 4.74 Å². The highest BCUT2D eigenvalue weighted by molar-refractivity contribution is 5.25. The fraction of sp³-hybridized carbons (Fsp3) is 0.706. The van der Waals surface area contributed by atoms with E-state index in [-0.39, 0.29) is 0 Å². The maximum atomic E-state index is 5.41. The molecular weight excluding hydrogens is 262 g/mol. The molecule has 1 atom stereocenters. The van der Waals surface area contributed by atoms with Crippen LogP contribution in [0.3, 0.4) is 0 Å². The van der Waals surface area contributed by atoms with Crippen LogP contribution in [-0.2, 0) is 6.54 Å². The summed E-state index contributed by atoms with van der Waals surface area (Å²) >= 11 is 0. The van der Waals surface area contributed by atoms with E-state index in [1.165, 1.54) is 37.7 Å². The van der Waals surface area contributed by atoms with E-state index < -0.39 is 0 Å². The van der Waals surface area contributed by atoms with Crippen molar-refractivity contribution in [3.8, 4) is 5.88 Å². The maximum absolute atomic E-state index is 5.41. The summed E-state index contributed by atoms with van der Waals surface area (Å²) in [7, 11) is 1.71. The van der Waals surface area contributed by atoms with Gasteiger partial charge in [-0.3, -0.25) is 4.90 Å². The standard InChI is InChI=1S/C17H27N3O/c1-21-17-15(8-5-9-19-17)13-20-11-10-18-12-16(20)14-6-3-2-4-7-14/h5,8-9,14,16,18H,2-4,6-7,10-13H2,1H3. The van der Waals surface area contributed by atoms with Crippen LogP contribution in [0.1, 0.15) is 37.7 Å². The third kappa shape index (κ3) is 3.55. The van der Waals surface area contributed by atoms with Gasteiger partial charge in [-0.05, 0) is 24.8 Å². The Morgan fingerprint density at radius 2 is 2.19 bits per heavy atom. The number of methoxy groups -OCH3 is 1. The molecule has 0 bridgehead atoms. The van der Waals surface area contributed by atoms with Crippen molar-refractivity contribution in [2.24, 2.45) is 5.92 Å². The van der Waals surface area contributed by atoms with Crippen LogP contribution >= 0.6 is 0 Å². The molecule has 1 aliphatic heterocycles. The molecule has 1 saturated heterocycles. The van der Waals surface area contributed by atoms with Crippen molar-refractivity contribution in [3.63, 3.8) is 0 Å². The van der Waals surface area contributed by atoms with Crippen LogP contribution in [0.15, 0.2) is 18.3 Å². The lowest BCUT2D eigenvalue weighted by Gasteiger charge is -2.42. The van der Waals surface area contributed by atoms with Gasteiger partial charge in [0.25, 0.3) is 0 Å². The molecule has 1 aromatic rings. The molecule has 0 radical (unpaired) electrons. The van der Waals surface area contributed by atoms with E-state index in [1.54, 1.807) is 13.3 Å². The fourth-order valence-corrected chi connectivity index (χ4v) is 3.89. The van der Waals surface area contributed by atoms with Gasteiger partial charge in [0.1, 0.15) is 0 Å². The maximum Gasteiger partial charge on any atom is 0.217 e. The lowest BCUT2D eigenvalue weighted by atomic mass is 9.82. The minimum absolute atomic E-state index is 0.670. The van der Waals surface area contributed by atoms with Crippen molar-refractivity contribution in [3.05, 3.63) is 23.9 Å². The smallest absolute Gasteiger partial charge is 0.217 e. The molecular formula is C17H27N3O. The number of nitrogens with zero attached hydrogens (tertiary/aromatic N) is 2. The number of nitrogens with one attached hydrogen (secondary N) is 1. The van der Waals surface area contributed by atoms with Crippen LogP contribution in [0.4, 0.5) is 0 Å². The summed E-state index contributed by atoms with van der Waals surface area (Å²) in [6.07, 6.45) is 8.84. The number of hydrogen-bond donors (Lipinski definition) is 1. The molecule has 1 aliphatic carbocycles. The first-order chi connectivity index (χ1) is 10.4. The summed E-state index contributed by atoms with van der Waals surface area (Å²) in [6.45, 7) is 4.30. The Balaban J connectivity index is 1.71. The summed E-state index contributed by atoms with van der Waals surface area (Å²) in [6, 6.07) is 4.82. The summed E-state index contributed by atoms with van der Waals surface area (Å²) in [4.78, 5) is 6.98. The molecule has 3 rings (SSSR count). The van der Waals surface area contributed by atoms with Crippen molar-refractivity contribution in [1.29, 1.82) is 0 Å². The zero-order valence-corrected chi connectivity index (χ0v) is 13.1. The minimum atomic E-state index is 0.670. The number of piperazine rings is 1. The molecule has 2 heterocycles. The first-order valence-electron chi connectivity index (χ1n) is 8.31. The molecule has 0 amide bonds. The molecule has 0 aromatic carbocycles. The van der Waals surface area contributed by atoms with Gasteiger partial charge < -0.3 is 10.1 Å². The van der Waals surface area contributed by atoms with E-state index in [0.717, 1.165) is 38.0 Å². The quantitative estimate of drug-likeness (QED) is 0.924. The topological polar surface area (TPSA) is 37.4 Å². The van der Waals surface area contributed by atoms with Crippen LogP contribution in [0, 0.1) is 5.92 Å². The van der Waals surface area contributed by atoms with E-state index in [0.29, 0.717) is 6.04 Å². The molecule has 1 saturated carbocycles. The van der Waals surface area contributed by atoms with E-state index in [1.807, 2.05) is 6.07 Å². The second-order valence-corrected chi connectivity index (χ2v) is 6.31. The highest BCUT2D eigenvalue weighted by Crippen LogP contribution is 2.31. The second-order valence-electron chi connectivity index (χ2n) is 6.31. The monoisotopic (exact) mass is 289 g/mol. The average molecular weight is 289 g/mol. The van der Waals surface area contributed by atoms with Crippen molar-refractivity contribution in [1.82, 2.24) is 15.2 Å². The van der Waals surface area contributed by atoms with E-state index in [4.69, 9.17) is 4.74 Å². The molecule has 116 valence electrons. The van der Waals surface area contributed by atoms with E-state index in [2.05, 4.69) is 21.3 Å². The Hall–Kier alpha value is -1.13. The average Bonchev–Trinajstić information content (AvgIpc) is 2.57. The van der Waals surface area contributed by atoms with Gasteiger partial charge >= 0.3 is 0 Å². The Morgan fingerprint density at radius 1 is 1.33 bits per heavy atom. The molecule has 1 N–H and O–H groups in total. The summed E-state index contributed by atoms with van der Waals surface area (Å²) in [5.41, 5.74) is 1.21. The highest BCUT2D eigenvalue weighted by Gasteiger charge is 2.31. The SMILES string of the molecule is COc1ncccc1CN1CCNCC1C1CCCCC1. The van der Waals surface area contributed by atoms with Crippen LogP contribution in [0.25, 0.3) is 0 Å². The first kappa shape index (κ1) is 14.8. The molecule has 2 fully saturated rings. The van der Waals surface area contributed by atoms with Crippen LogP contribution in [-0.4, -0.2) is 42.7 Å². The highest BCUT2D eigenvalue weighted by atomic mass is 16.5. The minimum Gasteiger partial charge on any atom is -0.481 e. The van der Waals surface area contributed by atoms with Gasteiger partial charge in [0, 0.05) is 44.0 Å². The number of rotatable bonds is 4. The molecule has 4 heteroatoms. The molecule has 21 heavy (non-hydrogen) atoms. The molecule has 1 unspecified atom stereocenters.